The highest BCUT2D eigenvalue weighted by molar-refractivity contribution is 7.13. The third kappa shape index (κ3) is 2.40. The molecule has 0 aromatic carbocycles. The number of alkyl halides is 1. The Kier molecular flexibility index (Phi) is 3.38. The van der Waals surface area contributed by atoms with Gasteiger partial charge in [-0.15, -0.1) is 11.3 Å². The van der Waals surface area contributed by atoms with E-state index in [4.69, 9.17) is 4.74 Å². The lowest BCUT2D eigenvalue weighted by atomic mass is 9.81. The summed E-state index contributed by atoms with van der Waals surface area (Å²) in [6.45, 7) is 1.74. The Morgan fingerprint density at radius 3 is 3.05 bits per heavy atom. The quantitative estimate of drug-likeness (QED) is 0.926. The third-order valence-electron chi connectivity index (χ3n) is 5.10. The number of ether oxygens (including phenoxy) is 1. The van der Waals surface area contributed by atoms with Crippen LogP contribution in [0.4, 0.5) is 9.52 Å². The Morgan fingerprint density at radius 2 is 2.36 bits per heavy atom. The van der Waals surface area contributed by atoms with Crippen molar-refractivity contribution in [2.75, 3.05) is 25.0 Å². The predicted molar refractivity (Wildman–Crippen MR) is 81.7 cm³/mol. The van der Waals surface area contributed by atoms with Crippen LogP contribution < -0.4 is 5.32 Å². The minimum atomic E-state index is -1.59. The monoisotopic (exact) mass is 325 g/mol. The van der Waals surface area contributed by atoms with Crippen molar-refractivity contribution in [1.82, 2.24) is 9.88 Å². The minimum Gasteiger partial charge on any atom is -0.371 e. The summed E-state index contributed by atoms with van der Waals surface area (Å²) < 4.78 is 20.3. The molecule has 3 aliphatic rings. The summed E-state index contributed by atoms with van der Waals surface area (Å²) in [6, 6.07) is 0.212. The molecule has 0 radical (unpaired) electrons. The van der Waals surface area contributed by atoms with E-state index in [1.807, 2.05) is 5.38 Å². The molecule has 1 aromatic heterocycles. The van der Waals surface area contributed by atoms with Gasteiger partial charge in [-0.1, -0.05) is 0 Å². The van der Waals surface area contributed by atoms with E-state index in [9.17, 15) is 9.18 Å². The number of carbonyl (C=O) groups excluding carboxylic acids is 1. The lowest BCUT2D eigenvalue weighted by Crippen LogP contribution is -2.50. The lowest BCUT2D eigenvalue weighted by molar-refractivity contribution is -0.149. The fourth-order valence-electron chi connectivity index (χ4n) is 3.69. The number of likely N-dealkylation sites (tertiary alicyclic amines) is 1. The molecule has 4 rings (SSSR count). The molecule has 1 aromatic rings. The van der Waals surface area contributed by atoms with Crippen molar-refractivity contribution in [3.8, 4) is 0 Å². The van der Waals surface area contributed by atoms with Crippen LogP contribution in [0, 0.1) is 0 Å². The van der Waals surface area contributed by atoms with Crippen LogP contribution in [-0.2, 0) is 9.53 Å². The molecule has 1 aliphatic carbocycles. The van der Waals surface area contributed by atoms with Crippen LogP contribution in [0.1, 0.15) is 32.1 Å². The molecule has 1 saturated carbocycles. The zero-order valence-electron chi connectivity index (χ0n) is 12.4. The fraction of sp³-hybridized carbons (Fsp3) is 0.733. The van der Waals surface area contributed by atoms with Gasteiger partial charge in [-0.2, -0.15) is 0 Å². The van der Waals surface area contributed by atoms with Crippen LogP contribution >= 0.6 is 11.3 Å². The largest absolute Gasteiger partial charge is 0.371 e. The maximum absolute atomic E-state index is 14.3. The van der Waals surface area contributed by atoms with Gasteiger partial charge in [0.2, 0.25) is 0 Å². The number of nitrogens with one attached hydrogen (secondary N) is 1. The molecular weight excluding hydrogens is 305 g/mol. The standard InChI is InChI=1S/C15H20FN3O2S/c16-15(2-1-3-15)12(20)19-6-4-14(10-19)8-11(9-21-14)18-13-17-5-7-22-13/h5,7,11H,1-4,6,8-10H2,(H,17,18). The first-order valence-corrected chi connectivity index (χ1v) is 8.75. The van der Waals surface area contributed by atoms with Crippen molar-refractivity contribution in [2.24, 2.45) is 0 Å². The van der Waals surface area contributed by atoms with Crippen molar-refractivity contribution in [2.45, 2.75) is 49.4 Å². The van der Waals surface area contributed by atoms with Crippen LogP contribution in [0.5, 0.6) is 0 Å². The average molecular weight is 325 g/mol. The number of thiazole rings is 1. The second-order valence-corrected chi connectivity index (χ2v) is 7.57. The zero-order valence-corrected chi connectivity index (χ0v) is 13.2. The first kappa shape index (κ1) is 14.4. The van der Waals surface area contributed by atoms with Gasteiger partial charge in [-0.3, -0.25) is 4.79 Å². The maximum atomic E-state index is 14.3. The first-order valence-electron chi connectivity index (χ1n) is 7.87. The van der Waals surface area contributed by atoms with Gasteiger partial charge in [0.15, 0.2) is 10.8 Å². The molecule has 2 aliphatic heterocycles. The smallest absolute Gasteiger partial charge is 0.260 e. The van der Waals surface area contributed by atoms with Gasteiger partial charge in [0.1, 0.15) is 0 Å². The lowest BCUT2D eigenvalue weighted by Gasteiger charge is -2.36. The number of rotatable bonds is 3. The van der Waals surface area contributed by atoms with Crippen molar-refractivity contribution in [3.63, 3.8) is 0 Å². The average Bonchev–Trinajstić information content (AvgIpc) is 3.19. The molecule has 2 unspecified atom stereocenters. The van der Waals surface area contributed by atoms with Gasteiger partial charge in [-0.05, 0) is 25.7 Å². The Hall–Kier alpha value is -1.21. The number of nitrogens with zero attached hydrogens (tertiary/aromatic N) is 2. The molecule has 0 bridgehead atoms. The Balaban J connectivity index is 1.37. The highest BCUT2D eigenvalue weighted by Crippen LogP contribution is 2.41. The Bertz CT molecular complexity index is 563. The van der Waals surface area contributed by atoms with E-state index in [1.165, 1.54) is 0 Å². The zero-order chi connectivity index (χ0) is 15.2. The number of carbonyl (C=O) groups is 1. The van der Waals surface area contributed by atoms with Crippen LogP contribution in [0.2, 0.25) is 0 Å². The summed E-state index contributed by atoms with van der Waals surface area (Å²) in [7, 11) is 0. The second-order valence-electron chi connectivity index (χ2n) is 6.67. The normalized spacial score (nSPS) is 33.1. The van der Waals surface area contributed by atoms with Crippen molar-refractivity contribution < 1.29 is 13.9 Å². The molecule has 1 spiro atoms. The summed E-state index contributed by atoms with van der Waals surface area (Å²) in [5, 5.41) is 6.20. The Morgan fingerprint density at radius 1 is 1.50 bits per heavy atom. The van der Waals surface area contributed by atoms with Crippen LogP contribution in [0.15, 0.2) is 11.6 Å². The van der Waals surface area contributed by atoms with Crippen LogP contribution in [0.3, 0.4) is 0 Å². The number of anilines is 1. The second kappa shape index (κ2) is 5.16. The summed E-state index contributed by atoms with van der Waals surface area (Å²) in [5.74, 6) is -0.324. The maximum Gasteiger partial charge on any atom is 0.260 e. The molecule has 3 fully saturated rings. The predicted octanol–water partition coefficient (Wildman–Crippen LogP) is 2.21. The molecule has 5 nitrogen and oxygen atoms in total. The van der Waals surface area contributed by atoms with Gasteiger partial charge in [0.25, 0.3) is 5.91 Å². The van der Waals surface area contributed by atoms with Gasteiger partial charge < -0.3 is 15.0 Å². The summed E-state index contributed by atoms with van der Waals surface area (Å²) in [5.41, 5.74) is -1.90. The minimum absolute atomic E-state index is 0.212. The highest BCUT2D eigenvalue weighted by Gasteiger charge is 2.52. The molecule has 2 atom stereocenters. The SMILES string of the molecule is O=C(N1CCC2(CC(Nc3nccs3)CO2)C1)C1(F)CCC1. The third-order valence-corrected chi connectivity index (χ3v) is 5.81. The molecule has 1 amide bonds. The summed E-state index contributed by atoms with van der Waals surface area (Å²) in [6.07, 6.45) is 4.99. The number of hydrogen-bond acceptors (Lipinski definition) is 5. The molecule has 120 valence electrons. The topological polar surface area (TPSA) is 54.5 Å². The molecule has 7 heteroatoms. The van der Waals surface area contributed by atoms with Crippen LogP contribution in [0.25, 0.3) is 0 Å². The van der Waals surface area contributed by atoms with E-state index >= 15 is 0 Å². The van der Waals surface area contributed by atoms with E-state index < -0.39 is 5.67 Å². The van der Waals surface area contributed by atoms with E-state index in [1.54, 1.807) is 22.4 Å². The van der Waals surface area contributed by atoms with E-state index in [0.717, 1.165) is 24.4 Å². The van der Waals surface area contributed by atoms with E-state index in [-0.39, 0.29) is 17.6 Å². The number of amides is 1. The van der Waals surface area contributed by atoms with Crippen LogP contribution in [-0.4, -0.2) is 52.8 Å². The number of aromatic nitrogens is 1. The van der Waals surface area contributed by atoms with Crippen molar-refractivity contribution in [3.05, 3.63) is 11.6 Å². The van der Waals surface area contributed by atoms with E-state index in [0.29, 0.717) is 32.5 Å². The summed E-state index contributed by atoms with van der Waals surface area (Å²) >= 11 is 1.57. The van der Waals surface area contributed by atoms with Gasteiger partial charge in [0, 0.05) is 31.1 Å². The van der Waals surface area contributed by atoms with Gasteiger partial charge in [-0.25, -0.2) is 9.37 Å². The Labute approximate surface area is 132 Å². The number of hydrogen-bond donors (Lipinski definition) is 1. The number of halogens is 1. The molecule has 2 saturated heterocycles. The first-order chi connectivity index (χ1) is 10.6. The van der Waals surface area contributed by atoms with Gasteiger partial charge in [0.05, 0.1) is 18.2 Å². The molecule has 1 N–H and O–H groups in total. The van der Waals surface area contributed by atoms with Crippen molar-refractivity contribution >= 4 is 22.4 Å². The molecule has 3 heterocycles. The summed E-state index contributed by atoms with van der Waals surface area (Å²) in [4.78, 5) is 18.2. The molecule has 22 heavy (non-hydrogen) atoms. The van der Waals surface area contributed by atoms with Gasteiger partial charge >= 0.3 is 0 Å². The van der Waals surface area contributed by atoms with Crippen molar-refractivity contribution in [1.29, 1.82) is 0 Å². The molecular formula is C15H20FN3O2S. The van der Waals surface area contributed by atoms with E-state index in [2.05, 4.69) is 10.3 Å². The highest BCUT2D eigenvalue weighted by atomic mass is 32.1. The fourth-order valence-corrected chi connectivity index (χ4v) is 4.30.